The number of nitrogens with one attached hydrogen (secondary N) is 1. The third-order valence-electron chi connectivity index (χ3n) is 7.25. The quantitative estimate of drug-likeness (QED) is 0.138. The number of rotatable bonds is 12. The average Bonchev–Trinajstić information content (AvgIpc) is 3.53. The van der Waals surface area contributed by atoms with E-state index in [1.165, 1.54) is 0 Å². The second-order valence-corrected chi connectivity index (χ2v) is 11.0. The van der Waals surface area contributed by atoms with Gasteiger partial charge in [-0.15, -0.1) is 0 Å². The molecular weight excluding hydrogens is 613 g/mol. The van der Waals surface area contributed by atoms with Gasteiger partial charge < -0.3 is 14.6 Å². The molecule has 0 aliphatic carbocycles. The minimum absolute atomic E-state index is 0.165. The van der Waals surface area contributed by atoms with Crippen molar-refractivity contribution in [3.8, 4) is 22.6 Å². The van der Waals surface area contributed by atoms with Crippen LogP contribution in [0.4, 0.5) is 0 Å². The van der Waals surface area contributed by atoms with Crippen molar-refractivity contribution in [2.45, 2.75) is 25.8 Å². The predicted octanol–water partition coefficient (Wildman–Crippen LogP) is 8.27. The van der Waals surface area contributed by atoms with E-state index in [9.17, 15) is 9.90 Å². The van der Waals surface area contributed by atoms with Gasteiger partial charge in [-0.25, -0.2) is 4.63 Å². The van der Waals surface area contributed by atoms with Gasteiger partial charge in [0.05, 0.1) is 10.0 Å². The van der Waals surface area contributed by atoms with Crippen molar-refractivity contribution in [1.82, 2.24) is 15.6 Å². The molecule has 1 unspecified atom stereocenters. The number of nitrogens with zero attached hydrogens (tertiary/aromatic N) is 2. The van der Waals surface area contributed by atoms with Crippen molar-refractivity contribution in [3.05, 3.63) is 141 Å². The zero-order chi connectivity index (χ0) is 31.2. The highest BCUT2D eigenvalue weighted by Gasteiger charge is 2.21. The van der Waals surface area contributed by atoms with Gasteiger partial charge in [0.2, 0.25) is 0 Å². The van der Waals surface area contributed by atoms with Crippen LogP contribution in [-0.2, 0) is 24.6 Å². The number of benzene rings is 5. The molecule has 0 bridgehead atoms. The second kappa shape index (κ2) is 13.8. The number of aromatic nitrogens is 2. The van der Waals surface area contributed by atoms with E-state index in [1.54, 1.807) is 42.5 Å². The van der Waals surface area contributed by atoms with Crippen molar-refractivity contribution in [1.29, 1.82) is 0 Å². The highest BCUT2D eigenvalue weighted by Crippen LogP contribution is 2.36. The number of carbonyl (C=O) groups is 1. The van der Waals surface area contributed by atoms with Gasteiger partial charge in [-0.3, -0.25) is 10.1 Å². The summed E-state index contributed by atoms with van der Waals surface area (Å²) >= 11 is 13.5. The standard InChI is InChI=1S/C35H27Cl2N3O5/c36-28-17-26(19-38-34(35(41)42)24-10-5-2-6-11-24)31(43-20-22-14-15-29-30(16-22)40-45-39-29)18-32(28)44-21-25-12-7-13-27(33(25)37)23-8-3-1-4-9-23/h1-18,34,38H,19-21H2,(H,41,42). The van der Waals surface area contributed by atoms with E-state index >= 15 is 0 Å². The van der Waals surface area contributed by atoms with Gasteiger partial charge in [-0.1, -0.05) is 108 Å². The van der Waals surface area contributed by atoms with Crippen LogP contribution in [0.25, 0.3) is 22.2 Å². The van der Waals surface area contributed by atoms with Crippen LogP contribution in [-0.4, -0.2) is 21.4 Å². The van der Waals surface area contributed by atoms with Crippen molar-refractivity contribution in [3.63, 3.8) is 0 Å². The Bertz CT molecular complexity index is 1930. The fourth-order valence-corrected chi connectivity index (χ4v) is 5.46. The van der Waals surface area contributed by atoms with Crippen LogP contribution < -0.4 is 14.8 Å². The molecule has 0 aliphatic heterocycles. The van der Waals surface area contributed by atoms with E-state index in [2.05, 4.69) is 15.6 Å². The fraction of sp³-hybridized carbons (Fsp3) is 0.114. The number of carboxylic acid groups (broad SMARTS) is 1. The molecule has 0 radical (unpaired) electrons. The molecule has 5 aromatic carbocycles. The molecule has 6 aromatic rings. The number of ether oxygens (including phenoxy) is 2. The van der Waals surface area contributed by atoms with Gasteiger partial charge in [0.15, 0.2) is 0 Å². The summed E-state index contributed by atoms with van der Waals surface area (Å²) in [7, 11) is 0. The maximum Gasteiger partial charge on any atom is 0.325 e. The average molecular weight is 641 g/mol. The van der Waals surface area contributed by atoms with E-state index in [4.69, 9.17) is 37.3 Å². The number of aliphatic carboxylic acids is 1. The highest BCUT2D eigenvalue weighted by molar-refractivity contribution is 6.34. The summed E-state index contributed by atoms with van der Waals surface area (Å²) < 4.78 is 17.3. The normalized spacial score (nSPS) is 11.8. The summed E-state index contributed by atoms with van der Waals surface area (Å²) in [5, 5.41) is 21.7. The van der Waals surface area contributed by atoms with Crippen molar-refractivity contribution in [2.75, 3.05) is 0 Å². The molecule has 10 heteroatoms. The van der Waals surface area contributed by atoms with Gasteiger partial charge >= 0.3 is 5.97 Å². The number of halogens is 2. The number of hydrogen-bond donors (Lipinski definition) is 2. The molecule has 2 N–H and O–H groups in total. The van der Waals surface area contributed by atoms with E-state index < -0.39 is 12.0 Å². The summed E-state index contributed by atoms with van der Waals surface area (Å²) in [6.07, 6.45) is 0. The van der Waals surface area contributed by atoms with Crippen LogP contribution in [0.5, 0.6) is 11.5 Å². The first-order chi connectivity index (χ1) is 22.0. The van der Waals surface area contributed by atoms with Crippen LogP contribution in [0.3, 0.4) is 0 Å². The number of fused-ring (bicyclic) bond motifs is 1. The lowest BCUT2D eigenvalue weighted by Crippen LogP contribution is -2.28. The zero-order valence-corrected chi connectivity index (χ0v) is 25.3. The summed E-state index contributed by atoms with van der Waals surface area (Å²) in [6, 6.07) is 32.7. The lowest BCUT2D eigenvalue weighted by atomic mass is 10.0. The minimum Gasteiger partial charge on any atom is -0.488 e. The van der Waals surface area contributed by atoms with Gasteiger partial charge in [0.1, 0.15) is 41.8 Å². The summed E-state index contributed by atoms with van der Waals surface area (Å²) in [5.41, 5.74) is 6.08. The Balaban J connectivity index is 1.26. The Morgan fingerprint density at radius 3 is 2.29 bits per heavy atom. The van der Waals surface area contributed by atoms with Crippen LogP contribution in [0, 0.1) is 0 Å². The highest BCUT2D eigenvalue weighted by atomic mass is 35.5. The summed E-state index contributed by atoms with van der Waals surface area (Å²) in [5.74, 6) is -0.133. The Hall–Kier alpha value is -4.89. The Morgan fingerprint density at radius 1 is 0.778 bits per heavy atom. The molecule has 8 nitrogen and oxygen atoms in total. The van der Waals surface area contributed by atoms with E-state index in [0.717, 1.165) is 22.3 Å². The topological polar surface area (TPSA) is 107 Å². The Kier molecular flexibility index (Phi) is 9.26. The molecule has 0 amide bonds. The molecule has 0 fully saturated rings. The first-order valence-corrected chi connectivity index (χ1v) is 14.8. The summed E-state index contributed by atoms with van der Waals surface area (Å²) in [4.78, 5) is 12.1. The van der Waals surface area contributed by atoms with Crippen LogP contribution in [0.2, 0.25) is 10.0 Å². The second-order valence-electron chi connectivity index (χ2n) is 10.3. The monoisotopic (exact) mass is 639 g/mol. The van der Waals surface area contributed by atoms with Crippen LogP contribution in [0.1, 0.15) is 28.3 Å². The molecule has 1 aromatic heterocycles. The molecule has 45 heavy (non-hydrogen) atoms. The maximum atomic E-state index is 12.1. The Labute approximate surface area is 269 Å². The van der Waals surface area contributed by atoms with Gasteiger partial charge in [-0.05, 0) is 45.2 Å². The van der Waals surface area contributed by atoms with Gasteiger partial charge in [0, 0.05) is 29.3 Å². The first-order valence-electron chi connectivity index (χ1n) is 14.1. The fourth-order valence-electron chi connectivity index (χ4n) is 4.93. The molecule has 0 aliphatic rings. The zero-order valence-electron chi connectivity index (χ0n) is 23.8. The largest absolute Gasteiger partial charge is 0.488 e. The van der Waals surface area contributed by atoms with E-state index in [-0.39, 0.29) is 19.8 Å². The molecule has 226 valence electrons. The molecular formula is C35H27Cl2N3O5. The predicted molar refractivity (Wildman–Crippen MR) is 172 cm³/mol. The van der Waals surface area contributed by atoms with Crippen LogP contribution in [0.15, 0.2) is 114 Å². The molecule has 6 rings (SSSR count). The lowest BCUT2D eigenvalue weighted by Gasteiger charge is -2.19. The first kappa shape index (κ1) is 30.1. The maximum absolute atomic E-state index is 12.1. The SMILES string of the molecule is O=C(O)C(NCc1cc(Cl)c(OCc2cccc(-c3ccccc3)c2Cl)cc1OCc1ccc2nonc2c1)c1ccccc1. The van der Waals surface area contributed by atoms with Crippen molar-refractivity contribution < 1.29 is 24.0 Å². The van der Waals surface area contributed by atoms with Crippen LogP contribution >= 0.6 is 23.2 Å². The van der Waals surface area contributed by atoms with Crippen molar-refractivity contribution in [2.24, 2.45) is 0 Å². The molecule has 1 heterocycles. The smallest absolute Gasteiger partial charge is 0.325 e. The third kappa shape index (κ3) is 7.10. The molecule has 1 atom stereocenters. The third-order valence-corrected chi connectivity index (χ3v) is 7.99. The Morgan fingerprint density at radius 2 is 1.51 bits per heavy atom. The lowest BCUT2D eigenvalue weighted by molar-refractivity contribution is -0.139. The van der Waals surface area contributed by atoms with Gasteiger partial charge in [0.25, 0.3) is 0 Å². The number of hydrogen-bond acceptors (Lipinski definition) is 7. The van der Waals surface area contributed by atoms with Crippen molar-refractivity contribution >= 4 is 40.2 Å². The minimum atomic E-state index is -1.00. The summed E-state index contributed by atoms with van der Waals surface area (Å²) in [6.45, 7) is 0.530. The molecule has 0 spiro atoms. The molecule has 0 saturated carbocycles. The van der Waals surface area contributed by atoms with E-state index in [1.807, 2.05) is 66.7 Å². The van der Waals surface area contributed by atoms with Gasteiger partial charge in [-0.2, -0.15) is 0 Å². The van der Waals surface area contributed by atoms with E-state index in [0.29, 0.717) is 43.7 Å². The number of carboxylic acids is 1. The molecule has 0 saturated heterocycles.